The molecule has 0 aliphatic heterocycles. The first-order valence-electron chi connectivity index (χ1n) is 5.51. The van der Waals surface area contributed by atoms with Crippen molar-refractivity contribution >= 4 is 21.6 Å². The van der Waals surface area contributed by atoms with E-state index in [0.29, 0.717) is 4.67 Å². The van der Waals surface area contributed by atoms with Crippen LogP contribution >= 0.6 is 11.3 Å². The van der Waals surface area contributed by atoms with Crippen LogP contribution in [0.3, 0.4) is 0 Å². The maximum absolute atomic E-state index is 9.15. The Hall–Kier alpha value is -2.20. The normalized spacial score (nSPS) is 11.9. The molecule has 0 aliphatic rings. The molecule has 0 bridgehead atoms. The van der Waals surface area contributed by atoms with Crippen molar-refractivity contribution in [3.05, 3.63) is 59.4 Å². The minimum Gasteiger partial charge on any atom is -0.410 e. The number of nitrogens with zero attached hydrogens (tertiary/aromatic N) is 2. The lowest BCUT2D eigenvalue weighted by atomic mass is 10.1. The third-order valence-corrected chi connectivity index (χ3v) is 3.73. The summed E-state index contributed by atoms with van der Waals surface area (Å²) in [4.78, 5) is 5.14. The van der Waals surface area contributed by atoms with Crippen LogP contribution in [0.25, 0.3) is 21.3 Å². The first-order valence-corrected chi connectivity index (χ1v) is 6.32. The number of benzene rings is 1. The van der Waals surface area contributed by atoms with Gasteiger partial charge < -0.3 is 5.21 Å². The van der Waals surface area contributed by atoms with E-state index in [1.807, 2.05) is 48.5 Å². The molecular weight excluding hydrogens is 244 g/mol. The zero-order chi connectivity index (χ0) is 12.4. The van der Waals surface area contributed by atoms with Gasteiger partial charge in [-0.2, -0.15) is 0 Å². The van der Waals surface area contributed by atoms with Crippen molar-refractivity contribution in [3.8, 4) is 11.1 Å². The second-order valence-corrected chi connectivity index (χ2v) is 4.81. The molecule has 0 saturated heterocycles. The van der Waals surface area contributed by atoms with E-state index >= 15 is 0 Å². The zero-order valence-corrected chi connectivity index (χ0v) is 10.3. The summed E-state index contributed by atoms with van der Waals surface area (Å²) in [5, 5.41) is 13.6. The van der Waals surface area contributed by atoms with E-state index in [1.165, 1.54) is 11.3 Å². The Bertz CT molecular complexity index is 750. The number of hydrogen-bond acceptors (Lipinski definition) is 4. The Balaban J connectivity index is 2.35. The molecule has 0 fully saturated rings. The van der Waals surface area contributed by atoms with Crippen LogP contribution in [0.15, 0.2) is 59.9 Å². The zero-order valence-electron chi connectivity index (χ0n) is 9.45. The molecule has 3 nitrogen and oxygen atoms in total. The molecule has 1 aromatic carbocycles. The lowest BCUT2D eigenvalue weighted by Gasteiger charge is -2.03. The van der Waals surface area contributed by atoms with Crippen molar-refractivity contribution in [3.63, 3.8) is 0 Å². The summed E-state index contributed by atoms with van der Waals surface area (Å²) >= 11 is 1.38. The monoisotopic (exact) mass is 254 g/mol. The molecule has 0 spiro atoms. The number of rotatable bonds is 1. The van der Waals surface area contributed by atoms with E-state index in [1.54, 1.807) is 6.20 Å². The molecule has 0 amide bonds. The highest BCUT2D eigenvalue weighted by Crippen LogP contribution is 2.21. The number of fused-ring (bicyclic) bond motifs is 1. The Kier molecular flexibility index (Phi) is 2.78. The number of hydrogen-bond donors (Lipinski definition) is 1. The first kappa shape index (κ1) is 10.9. The van der Waals surface area contributed by atoms with Crippen molar-refractivity contribution in [2.45, 2.75) is 0 Å². The van der Waals surface area contributed by atoms with Gasteiger partial charge in [-0.3, -0.25) is 0 Å². The van der Waals surface area contributed by atoms with E-state index in [2.05, 4.69) is 10.1 Å². The minimum absolute atomic E-state index is 0.576. The van der Waals surface area contributed by atoms with Gasteiger partial charge in [0.25, 0.3) is 0 Å². The van der Waals surface area contributed by atoms with Crippen LogP contribution in [0.1, 0.15) is 0 Å². The molecule has 0 atom stereocenters. The summed E-state index contributed by atoms with van der Waals surface area (Å²) in [6.07, 6.45) is 1.74. The Morgan fingerprint density at radius 3 is 2.67 bits per heavy atom. The maximum atomic E-state index is 9.15. The molecular formula is C14H10N2OS. The smallest absolute Gasteiger partial charge is 0.165 e. The fourth-order valence-corrected chi connectivity index (χ4v) is 2.73. The van der Waals surface area contributed by atoms with Gasteiger partial charge in [0, 0.05) is 17.1 Å². The summed E-state index contributed by atoms with van der Waals surface area (Å²) in [6.45, 7) is 0. The van der Waals surface area contributed by atoms with Crippen molar-refractivity contribution in [1.82, 2.24) is 4.98 Å². The summed E-state index contributed by atoms with van der Waals surface area (Å²) in [7, 11) is 0. The summed E-state index contributed by atoms with van der Waals surface area (Å²) in [5.74, 6) is 0. The van der Waals surface area contributed by atoms with Gasteiger partial charge in [0.15, 0.2) is 4.67 Å². The van der Waals surface area contributed by atoms with Gasteiger partial charge in [-0.1, -0.05) is 52.9 Å². The highest BCUT2D eigenvalue weighted by atomic mass is 32.1. The Labute approximate surface area is 108 Å². The molecule has 2 heterocycles. The fourth-order valence-electron chi connectivity index (χ4n) is 1.86. The molecule has 2 aromatic heterocycles. The van der Waals surface area contributed by atoms with Gasteiger partial charge in [-0.25, -0.2) is 4.98 Å². The van der Waals surface area contributed by atoms with Crippen molar-refractivity contribution in [1.29, 1.82) is 0 Å². The second-order valence-electron chi connectivity index (χ2n) is 3.83. The Morgan fingerprint density at radius 2 is 1.89 bits per heavy atom. The maximum Gasteiger partial charge on any atom is 0.165 e. The van der Waals surface area contributed by atoms with Crippen molar-refractivity contribution in [2.75, 3.05) is 0 Å². The van der Waals surface area contributed by atoms with E-state index in [4.69, 9.17) is 5.21 Å². The van der Waals surface area contributed by atoms with Crippen LogP contribution in [0.4, 0.5) is 0 Å². The van der Waals surface area contributed by atoms with E-state index in [9.17, 15) is 0 Å². The van der Waals surface area contributed by atoms with E-state index in [0.717, 1.165) is 21.3 Å². The van der Waals surface area contributed by atoms with Crippen molar-refractivity contribution in [2.24, 2.45) is 5.16 Å². The van der Waals surface area contributed by atoms with Crippen molar-refractivity contribution < 1.29 is 5.21 Å². The summed E-state index contributed by atoms with van der Waals surface area (Å²) in [5.41, 5.74) is 1.95. The van der Waals surface area contributed by atoms with Crippen LogP contribution in [-0.2, 0) is 0 Å². The topological polar surface area (TPSA) is 45.5 Å². The van der Waals surface area contributed by atoms with E-state index < -0.39 is 0 Å². The summed E-state index contributed by atoms with van der Waals surface area (Å²) < 4.78 is 0.576. The minimum atomic E-state index is 0.576. The molecule has 3 aromatic rings. The standard InChI is InChI=1S/C14H10N2OS/c17-16-14-12(10-5-2-1-3-6-10)9-11-7-4-8-15-13(11)18-14/h1-9,17H/b16-14+. The molecule has 0 aliphatic carbocycles. The van der Waals surface area contributed by atoms with Gasteiger partial charge in [0.1, 0.15) is 4.83 Å². The third kappa shape index (κ3) is 1.87. The average Bonchev–Trinajstić information content (AvgIpc) is 2.46. The fraction of sp³-hybridized carbons (Fsp3) is 0. The average molecular weight is 254 g/mol. The molecule has 1 N–H and O–H groups in total. The van der Waals surface area contributed by atoms with E-state index in [-0.39, 0.29) is 0 Å². The quantitative estimate of drug-likeness (QED) is 0.535. The molecule has 0 unspecified atom stereocenters. The van der Waals surface area contributed by atoms with Gasteiger partial charge in [-0.15, -0.1) is 0 Å². The first-order chi connectivity index (χ1) is 8.88. The van der Waals surface area contributed by atoms with Gasteiger partial charge in [-0.05, 0) is 17.7 Å². The summed E-state index contributed by atoms with van der Waals surface area (Å²) in [6, 6.07) is 15.8. The van der Waals surface area contributed by atoms with Crippen LogP contribution in [0.2, 0.25) is 0 Å². The Morgan fingerprint density at radius 1 is 1.06 bits per heavy atom. The lowest BCUT2D eigenvalue weighted by Crippen LogP contribution is -2.02. The molecule has 18 heavy (non-hydrogen) atoms. The largest absolute Gasteiger partial charge is 0.410 e. The number of aromatic nitrogens is 1. The van der Waals surface area contributed by atoms with Crippen LogP contribution in [-0.4, -0.2) is 10.2 Å². The van der Waals surface area contributed by atoms with Crippen LogP contribution in [0.5, 0.6) is 0 Å². The molecule has 88 valence electrons. The second kappa shape index (κ2) is 4.58. The predicted molar refractivity (Wildman–Crippen MR) is 72.4 cm³/mol. The highest BCUT2D eigenvalue weighted by molar-refractivity contribution is 7.16. The predicted octanol–water partition coefficient (Wildman–Crippen LogP) is 3.25. The highest BCUT2D eigenvalue weighted by Gasteiger charge is 2.05. The molecule has 0 saturated carbocycles. The van der Waals surface area contributed by atoms with Gasteiger partial charge in [0.05, 0.1) is 0 Å². The SMILES string of the molecule is O/N=c1/sc2ncccc2cc1-c1ccccc1. The van der Waals surface area contributed by atoms with Gasteiger partial charge in [0.2, 0.25) is 0 Å². The van der Waals surface area contributed by atoms with Gasteiger partial charge >= 0.3 is 0 Å². The molecule has 3 rings (SSSR count). The molecule has 0 radical (unpaired) electrons. The van der Waals surface area contributed by atoms with Crippen LogP contribution < -0.4 is 4.67 Å². The molecule has 4 heteroatoms. The lowest BCUT2D eigenvalue weighted by molar-refractivity contribution is 0.304. The van der Waals surface area contributed by atoms with Crippen LogP contribution in [0, 0.1) is 0 Å². The third-order valence-electron chi connectivity index (χ3n) is 2.70. The number of pyridine rings is 1.